The number of halogens is 1. The lowest BCUT2D eigenvalue weighted by atomic mass is 10.0. The summed E-state index contributed by atoms with van der Waals surface area (Å²) in [4.78, 5) is 20.9. The van der Waals surface area contributed by atoms with E-state index in [0.29, 0.717) is 6.61 Å². The van der Waals surface area contributed by atoms with Gasteiger partial charge >= 0.3 is 0 Å². The van der Waals surface area contributed by atoms with Crippen LogP contribution in [0, 0.1) is 5.92 Å². The van der Waals surface area contributed by atoms with Crippen molar-refractivity contribution in [3.8, 4) is 0 Å². The minimum absolute atomic E-state index is 0. The molecule has 0 bridgehead atoms. The van der Waals surface area contributed by atoms with E-state index in [1.807, 2.05) is 35.0 Å². The fourth-order valence-corrected chi connectivity index (χ4v) is 3.27. The van der Waals surface area contributed by atoms with Gasteiger partial charge in [0.25, 0.3) is 0 Å². The van der Waals surface area contributed by atoms with Gasteiger partial charge < -0.3 is 19.9 Å². The van der Waals surface area contributed by atoms with Gasteiger partial charge in [-0.1, -0.05) is 18.2 Å². The second kappa shape index (κ2) is 10.8. The van der Waals surface area contributed by atoms with Crippen LogP contribution < -0.4 is 10.2 Å². The zero-order valence-corrected chi connectivity index (χ0v) is 18.6. The molecule has 0 atom stereocenters. The van der Waals surface area contributed by atoms with Crippen molar-refractivity contribution < 1.29 is 9.53 Å². The van der Waals surface area contributed by atoms with E-state index in [1.54, 1.807) is 7.05 Å². The molecule has 1 aromatic rings. The standard InChI is InChI=1S/C20H30N4O2.HI/c1-21-20(23(2)12-13-26-15-16-9-10-16)22-14-19(25)24-11-5-7-17-6-3-4-8-18(17)24;/h3-4,6,8,16H,5,7,9-15H2,1-2H3,(H,21,22);1H. The number of carbonyl (C=O) groups excluding carboxylic acids is 1. The summed E-state index contributed by atoms with van der Waals surface area (Å²) in [5.74, 6) is 1.58. The number of anilines is 1. The number of rotatable bonds is 7. The van der Waals surface area contributed by atoms with Crippen LogP contribution in [0.25, 0.3) is 0 Å². The number of nitrogens with one attached hydrogen (secondary N) is 1. The van der Waals surface area contributed by atoms with Crippen LogP contribution in [0.15, 0.2) is 29.3 Å². The first-order chi connectivity index (χ1) is 12.7. The van der Waals surface area contributed by atoms with Crippen LogP contribution in [-0.4, -0.2) is 63.7 Å². The highest BCUT2D eigenvalue weighted by atomic mass is 127. The number of guanidine groups is 1. The van der Waals surface area contributed by atoms with Crippen LogP contribution in [0.2, 0.25) is 0 Å². The fraction of sp³-hybridized carbons (Fsp3) is 0.600. The molecule has 7 heteroatoms. The highest BCUT2D eigenvalue weighted by molar-refractivity contribution is 14.0. The smallest absolute Gasteiger partial charge is 0.246 e. The molecule has 0 aromatic heterocycles. The molecule has 0 radical (unpaired) electrons. The van der Waals surface area contributed by atoms with Crippen molar-refractivity contribution >= 4 is 41.5 Å². The van der Waals surface area contributed by atoms with Crippen molar-refractivity contribution in [3.05, 3.63) is 29.8 Å². The molecular formula is C20H31IN4O2. The minimum Gasteiger partial charge on any atom is -0.379 e. The molecule has 0 spiro atoms. The van der Waals surface area contributed by atoms with Crippen LogP contribution in [-0.2, 0) is 16.0 Å². The van der Waals surface area contributed by atoms with E-state index >= 15 is 0 Å². The predicted octanol–water partition coefficient (Wildman–Crippen LogP) is 2.52. The Morgan fingerprint density at radius 3 is 2.89 bits per heavy atom. The maximum atomic E-state index is 12.7. The number of aliphatic imine (C=N–C) groups is 1. The lowest BCUT2D eigenvalue weighted by molar-refractivity contribution is -0.117. The number of para-hydroxylation sites is 1. The van der Waals surface area contributed by atoms with Crippen molar-refractivity contribution in [1.29, 1.82) is 0 Å². The van der Waals surface area contributed by atoms with E-state index in [9.17, 15) is 4.79 Å². The number of fused-ring (bicyclic) bond motifs is 1. The third-order valence-corrected chi connectivity index (χ3v) is 5.00. The van der Waals surface area contributed by atoms with Gasteiger partial charge in [0.05, 0.1) is 13.2 Å². The number of amides is 1. The molecule has 3 rings (SSSR count). The molecule has 0 saturated heterocycles. The number of likely N-dealkylation sites (N-methyl/N-ethyl adjacent to an activating group) is 1. The molecule has 2 aliphatic rings. The summed E-state index contributed by atoms with van der Waals surface area (Å²) in [7, 11) is 3.71. The average molecular weight is 486 g/mol. The van der Waals surface area contributed by atoms with Gasteiger partial charge in [-0.3, -0.25) is 9.79 Å². The summed E-state index contributed by atoms with van der Waals surface area (Å²) >= 11 is 0. The lowest BCUT2D eigenvalue weighted by Crippen LogP contribution is -2.47. The summed E-state index contributed by atoms with van der Waals surface area (Å²) < 4.78 is 5.68. The first-order valence-electron chi connectivity index (χ1n) is 9.57. The number of aryl methyl sites for hydroxylation is 1. The quantitative estimate of drug-likeness (QED) is 0.279. The second-order valence-corrected chi connectivity index (χ2v) is 7.12. The number of nitrogens with zero attached hydrogens (tertiary/aromatic N) is 3. The van der Waals surface area contributed by atoms with Gasteiger partial charge in [0.2, 0.25) is 5.91 Å². The monoisotopic (exact) mass is 486 g/mol. The van der Waals surface area contributed by atoms with E-state index < -0.39 is 0 Å². The average Bonchev–Trinajstić information content (AvgIpc) is 3.49. The van der Waals surface area contributed by atoms with Crippen LogP contribution in [0.1, 0.15) is 24.8 Å². The van der Waals surface area contributed by atoms with Crippen LogP contribution in [0.5, 0.6) is 0 Å². The molecule has 1 fully saturated rings. The Morgan fingerprint density at radius 1 is 1.37 bits per heavy atom. The molecule has 150 valence electrons. The Balaban J connectivity index is 0.00000261. The first kappa shape index (κ1) is 21.9. The third kappa shape index (κ3) is 6.34. The SMILES string of the molecule is CN=C(NCC(=O)N1CCCc2ccccc21)N(C)CCOCC1CC1.I. The maximum Gasteiger partial charge on any atom is 0.246 e. The Labute approximate surface area is 179 Å². The Morgan fingerprint density at radius 2 is 2.15 bits per heavy atom. The zero-order valence-electron chi connectivity index (χ0n) is 16.3. The number of ether oxygens (including phenoxy) is 1. The van der Waals surface area contributed by atoms with Crippen molar-refractivity contribution in [3.63, 3.8) is 0 Å². The Bertz CT molecular complexity index is 649. The van der Waals surface area contributed by atoms with E-state index in [-0.39, 0.29) is 36.4 Å². The number of benzene rings is 1. The molecule has 1 N–H and O–H groups in total. The fourth-order valence-electron chi connectivity index (χ4n) is 3.27. The molecule has 1 aliphatic heterocycles. The van der Waals surface area contributed by atoms with E-state index in [1.165, 1.54) is 18.4 Å². The van der Waals surface area contributed by atoms with Crippen molar-refractivity contribution in [2.24, 2.45) is 10.9 Å². The normalized spacial score (nSPS) is 16.4. The summed E-state index contributed by atoms with van der Waals surface area (Å²) in [6, 6.07) is 8.17. The molecule has 27 heavy (non-hydrogen) atoms. The van der Waals surface area contributed by atoms with Crippen molar-refractivity contribution in [2.75, 3.05) is 51.8 Å². The molecule has 1 heterocycles. The third-order valence-electron chi connectivity index (χ3n) is 5.00. The largest absolute Gasteiger partial charge is 0.379 e. The Hall–Kier alpha value is -1.35. The summed E-state index contributed by atoms with van der Waals surface area (Å²) in [6.45, 7) is 3.33. The summed E-state index contributed by atoms with van der Waals surface area (Å²) in [6.07, 6.45) is 4.66. The number of hydrogen-bond donors (Lipinski definition) is 1. The minimum atomic E-state index is 0. The van der Waals surface area contributed by atoms with E-state index in [0.717, 1.165) is 50.1 Å². The van der Waals surface area contributed by atoms with E-state index in [4.69, 9.17) is 4.74 Å². The zero-order chi connectivity index (χ0) is 18.4. The van der Waals surface area contributed by atoms with Crippen molar-refractivity contribution in [1.82, 2.24) is 10.2 Å². The van der Waals surface area contributed by atoms with Gasteiger partial charge in [0.1, 0.15) is 0 Å². The molecule has 0 unspecified atom stereocenters. The van der Waals surface area contributed by atoms with Gasteiger partial charge in [-0.25, -0.2) is 0 Å². The topological polar surface area (TPSA) is 57.2 Å². The van der Waals surface area contributed by atoms with Gasteiger partial charge in [-0.15, -0.1) is 24.0 Å². The van der Waals surface area contributed by atoms with Crippen molar-refractivity contribution in [2.45, 2.75) is 25.7 Å². The highest BCUT2D eigenvalue weighted by Gasteiger charge is 2.23. The van der Waals surface area contributed by atoms with Gasteiger partial charge in [-0.2, -0.15) is 0 Å². The number of hydrogen-bond acceptors (Lipinski definition) is 3. The predicted molar refractivity (Wildman–Crippen MR) is 120 cm³/mol. The van der Waals surface area contributed by atoms with Crippen LogP contribution in [0.4, 0.5) is 5.69 Å². The molecule has 1 aromatic carbocycles. The molecule has 1 saturated carbocycles. The molecular weight excluding hydrogens is 455 g/mol. The van der Waals surface area contributed by atoms with Gasteiger partial charge in [0, 0.05) is 39.5 Å². The molecule has 1 amide bonds. The van der Waals surface area contributed by atoms with Gasteiger partial charge in [-0.05, 0) is 43.2 Å². The first-order valence-corrected chi connectivity index (χ1v) is 9.57. The Kier molecular flexibility index (Phi) is 8.82. The highest BCUT2D eigenvalue weighted by Crippen LogP contribution is 2.28. The van der Waals surface area contributed by atoms with Gasteiger partial charge in [0.15, 0.2) is 5.96 Å². The van der Waals surface area contributed by atoms with E-state index in [2.05, 4.69) is 16.4 Å². The summed E-state index contributed by atoms with van der Waals surface area (Å²) in [5, 5.41) is 3.19. The molecule has 6 nitrogen and oxygen atoms in total. The number of carbonyl (C=O) groups is 1. The van der Waals surface area contributed by atoms with Crippen LogP contribution >= 0.6 is 24.0 Å². The second-order valence-electron chi connectivity index (χ2n) is 7.12. The molecule has 1 aliphatic carbocycles. The summed E-state index contributed by atoms with van der Waals surface area (Å²) in [5.41, 5.74) is 2.30. The maximum absolute atomic E-state index is 12.7. The van der Waals surface area contributed by atoms with Crippen LogP contribution in [0.3, 0.4) is 0 Å². The lowest BCUT2D eigenvalue weighted by Gasteiger charge is -2.30.